The summed E-state index contributed by atoms with van der Waals surface area (Å²) in [5.74, 6) is -6.35. The second kappa shape index (κ2) is 6.45. The van der Waals surface area contributed by atoms with Gasteiger partial charge in [0, 0.05) is 5.39 Å². The van der Waals surface area contributed by atoms with Crippen molar-refractivity contribution in [3.8, 4) is 17.7 Å². The molecule has 1 aliphatic rings. The Morgan fingerprint density at radius 2 is 1.81 bits per heavy atom. The van der Waals surface area contributed by atoms with Crippen LogP contribution in [0.25, 0.3) is 10.9 Å². The van der Waals surface area contributed by atoms with Crippen molar-refractivity contribution >= 4 is 23.0 Å². The van der Waals surface area contributed by atoms with Crippen molar-refractivity contribution in [1.82, 2.24) is 4.57 Å². The smallest absolute Gasteiger partial charge is 0.480 e. The minimum atomic E-state index is -5.80. The van der Waals surface area contributed by atoms with Crippen LogP contribution in [0, 0.1) is 11.3 Å². The molecule has 0 radical (unpaired) electrons. The number of benzene rings is 1. The van der Waals surface area contributed by atoms with Gasteiger partial charge in [0.2, 0.25) is 17.2 Å². The fraction of sp³-hybridized carbons (Fsp3) is 0.188. The van der Waals surface area contributed by atoms with Gasteiger partial charge in [-0.2, -0.15) is 18.4 Å². The number of aromatic nitrogens is 1. The van der Waals surface area contributed by atoms with Crippen LogP contribution < -0.4 is 15.2 Å². The Kier molecular flexibility index (Phi) is 4.50. The second-order valence-corrected chi connectivity index (χ2v) is 6.03. The molecule has 4 N–H and O–H groups in total. The Labute approximate surface area is 166 Å². The Hall–Kier alpha value is -4.09. The number of rotatable bonds is 2. The number of carboxylic acid groups (broad SMARTS) is 2. The molecular weight excluding hydrogens is 444 g/mol. The molecule has 9 nitrogen and oxygen atoms in total. The summed E-state index contributed by atoms with van der Waals surface area (Å²) in [4.78, 5) is 23.6. The lowest BCUT2D eigenvalue weighted by Crippen LogP contribution is -2.53. The molecular formula is C16H7F6N3O6. The summed E-state index contributed by atoms with van der Waals surface area (Å²) >= 11 is 0. The van der Waals surface area contributed by atoms with Crippen LogP contribution in [0.3, 0.4) is 0 Å². The number of nitriles is 1. The average Bonchev–Trinajstić information content (AvgIpc) is 2.90. The van der Waals surface area contributed by atoms with Crippen molar-refractivity contribution in [1.29, 1.82) is 5.26 Å². The van der Waals surface area contributed by atoms with Crippen molar-refractivity contribution < 1.29 is 55.6 Å². The fourth-order valence-corrected chi connectivity index (χ4v) is 3.32. The quantitative estimate of drug-likeness (QED) is 0.591. The van der Waals surface area contributed by atoms with Gasteiger partial charge < -0.3 is 25.4 Å². The van der Waals surface area contributed by atoms with Crippen LogP contribution in [0.4, 0.5) is 31.1 Å². The minimum Gasteiger partial charge on any atom is -0.480 e. The van der Waals surface area contributed by atoms with Crippen molar-refractivity contribution in [3.63, 3.8) is 0 Å². The molecule has 0 aliphatic carbocycles. The molecule has 1 aromatic carbocycles. The first-order valence-corrected chi connectivity index (χ1v) is 7.73. The monoisotopic (exact) mass is 451 g/mol. The number of aliphatic carboxylic acids is 1. The van der Waals surface area contributed by atoms with Crippen LogP contribution in [0.2, 0.25) is 0 Å². The lowest BCUT2D eigenvalue weighted by Gasteiger charge is -2.35. The van der Waals surface area contributed by atoms with E-state index in [1.54, 1.807) is 0 Å². The Morgan fingerprint density at radius 1 is 1.19 bits per heavy atom. The Morgan fingerprint density at radius 3 is 2.26 bits per heavy atom. The maximum Gasteiger partial charge on any atom is 0.573 e. The second-order valence-electron chi connectivity index (χ2n) is 6.03. The third-order valence-corrected chi connectivity index (χ3v) is 4.38. The molecule has 0 saturated carbocycles. The molecule has 1 aromatic heterocycles. The van der Waals surface area contributed by atoms with E-state index in [1.165, 1.54) is 0 Å². The zero-order valence-corrected chi connectivity index (χ0v) is 14.5. The van der Waals surface area contributed by atoms with Crippen LogP contribution in [0.15, 0.2) is 29.7 Å². The molecule has 0 fully saturated rings. The van der Waals surface area contributed by atoms with E-state index >= 15 is 0 Å². The molecule has 31 heavy (non-hydrogen) atoms. The van der Waals surface area contributed by atoms with Gasteiger partial charge >= 0.3 is 24.6 Å². The van der Waals surface area contributed by atoms with E-state index in [2.05, 4.69) is 4.74 Å². The van der Waals surface area contributed by atoms with Crippen LogP contribution in [-0.2, 0) is 10.2 Å². The number of hydrogen-bond acceptors (Lipinski definition) is 6. The Bertz CT molecular complexity index is 1210. The maximum absolute atomic E-state index is 14.2. The Balaban J connectivity index is 2.57. The summed E-state index contributed by atoms with van der Waals surface area (Å²) in [5.41, 5.74) is -2.68. The van der Waals surface area contributed by atoms with Crippen molar-refractivity contribution in [3.05, 3.63) is 35.2 Å². The minimum absolute atomic E-state index is 0.0620. The van der Waals surface area contributed by atoms with Gasteiger partial charge in [-0.25, -0.2) is 9.36 Å². The number of nitrogens with two attached hydrogens (primary N) is 1. The van der Waals surface area contributed by atoms with Gasteiger partial charge in [-0.3, -0.25) is 4.79 Å². The molecule has 1 aliphatic heterocycles. The molecule has 0 unspecified atom stereocenters. The van der Waals surface area contributed by atoms with E-state index in [0.717, 1.165) is 6.07 Å². The molecule has 2 aromatic rings. The fourth-order valence-electron chi connectivity index (χ4n) is 3.32. The molecule has 15 heteroatoms. The van der Waals surface area contributed by atoms with Crippen LogP contribution in [0.5, 0.6) is 11.6 Å². The number of fused-ring (bicyclic) bond motifs is 3. The van der Waals surface area contributed by atoms with Crippen LogP contribution in [0.1, 0.15) is 5.56 Å². The number of alkyl halides is 6. The van der Waals surface area contributed by atoms with E-state index < -0.39 is 69.6 Å². The lowest BCUT2D eigenvalue weighted by molar-refractivity contribution is -0.274. The third-order valence-electron chi connectivity index (χ3n) is 4.38. The number of ether oxygens (including phenoxy) is 2. The third kappa shape index (κ3) is 2.95. The van der Waals surface area contributed by atoms with Gasteiger partial charge in [-0.1, -0.05) is 0 Å². The highest BCUT2D eigenvalue weighted by Crippen LogP contribution is 2.56. The van der Waals surface area contributed by atoms with Crippen molar-refractivity contribution in [2.45, 2.75) is 18.0 Å². The molecule has 1 atom stereocenters. The van der Waals surface area contributed by atoms with Gasteiger partial charge in [0.1, 0.15) is 17.4 Å². The number of hydrogen-bond donors (Lipinski definition) is 3. The summed E-state index contributed by atoms with van der Waals surface area (Å²) in [6.45, 7) is 0. The van der Waals surface area contributed by atoms with Gasteiger partial charge in [-0.15, -0.1) is 13.2 Å². The molecule has 0 bridgehead atoms. The first-order chi connectivity index (χ1) is 14.2. The standard InChI is InChI=1S/C16H7F6N3O6/c17-15(18,19)14(12(26)27)7(4-23)10(24)30-11-9(14)6-3-5(31-16(20,21)22)1-2-8(6)25(11)13(28)29/h1-3H,24H2,(H,26,27)(H,28,29)/t14-/m1/s1. The number of halogens is 6. The van der Waals surface area contributed by atoms with Crippen LogP contribution in [-0.4, -0.2) is 39.4 Å². The molecule has 3 rings (SSSR count). The zero-order chi connectivity index (χ0) is 23.5. The molecule has 0 saturated heterocycles. The first-order valence-electron chi connectivity index (χ1n) is 7.73. The van der Waals surface area contributed by atoms with Gasteiger partial charge in [0.15, 0.2) is 0 Å². The number of carbonyl (C=O) groups is 2. The van der Waals surface area contributed by atoms with Crippen LogP contribution >= 0.6 is 0 Å². The molecule has 0 amide bonds. The first kappa shape index (κ1) is 21.6. The molecule has 164 valence electrons. The maximum atomic E-state index is 14.2. The van der Waals surface area contributed by atoms with E-state index in [0.29, 0.717) is 18.2 Å². The number of nitrogens with zero attached hydrogens (tertiary/aromatic N) is 2. The summed E-state index contributed by atoms with van der Waals surface area (Å²) in [6, 6.07) is 2.59. The summed E-state index contributed by atoms with van der Waals surface area (Å²) in [7, 11) is 0. The predicted molar refractivity (Wildman–Crippen MR) is 84.9 cm³/mol. The number of carboxylic acids is 1. The van der Waals surface area contributed by atoms with Crippen molar-refractivity contribution in [2.24, 2.45) is 5.73 Å². The SMILES string of the molecule is N#CC1=C(N)Oc2c(c3cc(OC(F)(F)F)ccc3n2C(=O)O)[C@]1(C(=O)O)C(F)(F)F. The summed E-state index contributed by atoms with van der Waals surface area (Å²) in [5, 5.41) is 27.3. The largest absolute Gasteiger partial charge is 0.573 e. The van der Waals surface area contributed by atoms with E-state index in [1.807, 2.05) is 0 Å². The van der Waals surface area contributed by atoms with E-state index in [4.69, 9.17) is 10.5 Å². The lowest BCUT2D eigenvalue weighted by atomic mass is 9.72. The van der Waals surface area contributed by atoms with Gasteiger partial charge in [0.25, 0.3) is 0 Å². The van der Waals surface area contributed by atoms with Gasteiger partial charge in [0.05, 0.1) is 11.1 Å². The molecule has 0 spiro atoms. The predicted octanol–water partition coefficient (Wildman–Crippen LogP) is 3.04. The highest BCUT2D eigenvalue weighted by atomic mass is 19.4. The summed E-state index contributed by atoms with van der Waals surface area (Å²) < 4.78 is 88.8. The average molecular weight is 451 g/mol. The normalized spacial score (nSPS) is 18.9. The van der Waals surface area contributed by atoms with Gasteiger partial charge in [-0.05, 0) is 18.2 Å². The highest BCUT2D eigenvalue weighted by Gasteiger charge is 2.70. The van der Waals surface area contributed by atoms with E-state index in [-0.39, 0.29) is 4.57 Å². The van der Waals surface area contributed by atoms with E-state index in [9.17, 15) is 51.4 Å². The summed E-state index contributed by atoms with van der Waals surface area (Å²) in [6.07, 6.45) is -13.0. The van der Waals surface area contributed by atoms with Crippen molar-refractivity contribution in [2.75, 3.05) is 0 Å². The topological polar surface area (TPSA) is 148 Å². The molecule has 2 heterocycles. The highest BCUT2D eigenvalue weighted by molar-refractivity contribution is 6.03. The zero-order valence-electron chi connectivity index (χ0n) is 14.5.